The van der Waals surface area contributed by atoms with Crippen molar-refractivity contribution in [2.45, 2.75) is 19.8 Å². The second kappa shape index (κ2) is 9.17. The predicted octanol–water partition coefficient (Wildman–Crippen LogP) is 3.34. The molecule has 4 nitrogen and oxygen atoms in total. The second-order valence-electron chi connectivity index (χ2n) is 7.07. The van der Waals surface area contributed by atoms with Crippen LogP contribution < -0.4 is 11.1 Å². The molecular weight excluding hydrogens is 346 g/mol. The number of aryl methyl sites for hydroxylation is 2. The number of halogens is 1. The van der Waals surface area contributed by atoms with Gasteiger partial charge in [0.2, 0.25) is 5.91 Å². The molecule has 0 unspecified atom stereocenters. The molecule has 2 aromatic rings. The van der Waals surface area contributed by atoms with Crippen LogP contribution in [0, 0.1) is 19.8 Å². The molecule has 0 radical (unpaired) electrons. The van der Waals surface area contributed by atoms with Gasteiger partial charge in [0.1, 0.15) is 0 Å². The number of anilines is 1. The van der Waals surface area contributed by atoms with Gasteiger partial charge in [0.15, 0.2) is 0 Å². The third kappa shape index (κ3) is 4.85. The first kappa shape index (κ1) is 20.4. The van der Waals surface area contributed by atoms with E-state index in [9.17, 15) is 4.79 Å². The standard InChI is InChI=1S/C21H27N3O.ClH/c1-15-8-9-20(16(2)10-15)23-21(25)14-24-12-18(11-22)19(13-24)17-6-4-3-5-7-17;/h3-10,18-19H,11-14,22H2,1-2H3,(H,23,25);1H/t18-,19+;/m1./s1. The topological polar surface area (TPSA) is 58.4 Å². The average Bonchev–Trinajstić information content (AvgIpc) is 3.01. The van der Waals surface area contributed by atoms with Crippen molar-refractivity contribution in [3.63, 3.8) is 0 Å². The molecule has 0 bridgehead atoms. The van der Waals surface area contributed by atoms with Crippen LogP contribution >= 0.6 is 12.4 Å². The number of hydrogen-bond acceptors (Lipinski definition) is 3. The monoisotopic (exact) mass is 373 g/mol. The van der Waals surface area contributed by atoms with Gasteiger partial charge >= 0.3 is 0 Å². The Morgan fingerprint density at radius 2 is 1.88 bits per heavy atom. The van der Waals surface area contributed by atoms with E-state index in [4.69, 9.17) is 5.73 Å². The molecule has 2 aromatic carbocycles. The number of nitrogens with one attached hydrogen (secondary N) is 1. The van der Waals surface area contributed by atoms with Gasteiger partial charge in [-0.2, -0.15) is 0 Å². The highest BCUT2D eigenvalue weighted by molar-refractivity contribution is 5.93. The highest BCUT2D eigenvalue weighted by atomic mass is 35.5. The van der Waals surface area contributed by atoms with E-state index >= 15 is 0 Å². The summed E-state index contributed by atoms with van der Waals surface area (Å²) in [6.45, 7) is 6.89. The van der Waals surface area contributed by atoms with Crippen molar-refractivity contribution in [3.05, 3.63) is 65.2 Å². The summed E-state index contributed by atoms with van der Waals surface area (Å²) in [5, 5.41) is 3.04. The number of likely N-dealkylation sites (tertiary alicyclic amines) is 1. The average molecular weight is 374 g/mol. The fraction of sp³-hybridized carbons (Fsp3) is 0.381. The van der Waals surface area contributed by atoms with Crippen LogP contribution in [0.4, 0.5) is 5.69 Å². The molecule has 26 heavy (non-hydrogen) atoms. The minimum atomic E-state index is 0. The lowest BCUT2D eigenvalue weighted by Crippen LogP contribution is -2.32. The first-order valence-corrected chi connectivity index (χ1v) is 8.91. The van der Waals surface area contributed by atoms with Gasteiger partial charge in [0.25, 0.3) is 0 Å². The van der Waals surface area contributed by atoms with E-state index in [0.717, 1.165) is 24.3 Å². The van der Waals surface area contributed by atoms with Gasteiger partial charge < -0.3 is 11.1 Å². The van der Waals surface area contributed by atoms with Crippen molar-refractivity contribution in [3.8, 4) is 0 Å². The summed E-state index contributed by atoms with van der Waals surface area (Å²) in [5.41, 5.74) is 10.5. The summed E-state index contributed by atoms with van der Waals surface area (Å²) in [5.74, 6) is 0.841. The molecule has 1 heterocycles. The molecule has 140 valence electrons. The Kier molecular flexibility index (Phi) is 7.21. The number of amides is 1. The molecule has 0 aromatic heterocycles. The minimum absolute atomic E-state index is 0. The highest BCUT2D eigenvalue weighted by Crippen LogP contribution is 2.31. The maximum Gasteiger partial charge on any atom is 0.238 e. The van der Waals surface area contributed by atoms with E-state index in [1.54, 1.807) is 0 Å². The molecule has 1 saturated heterocycles. The normalized spacial score (nSPS) is 19.8. The molecule has 0 spiro atoms. The van der Waals surface area contributed by atoms with Gasteiger partial charge in [-0.1, -0.05) is 48.0 Å². The van der Waals surface area contributed by atoms with Crippen molar-refractivity contribution in [1.29, 1.82) is 0 Å². The molecule has 3 N–H and O–H groups in total. The third-order valence-corrected chi connectivity index (χ3v) is 5.07. The Labute approximate surface area is 162 Å². The van der Waals surface area contributed by atoms with E-state index in [1.807, 2.05) is 25.1 Å². The lowest BCUT2D eigenvalue weighted by Gasteiger charge is -2.17. The van der Waals surface area contributed by atoms with Gasteiger partial charge in [-0.25, -0.2) is 0 Å². The summed E-state index contributed by atoms with van der Waals surface area (Å²) in [6.07, 6.45) is 0. The number of nitrogens with zero attached hydrogens (tertiary/aromatic N) is 1. The first-order chi connectivity index (χ1) is 12.1. The molecule has 1 aliphatic heterocycles. The first-order valence-electron chi connectivity index (χ1n) is 8.91. The van der Waals surface area contributed by atoms with Crippen LogP contribution in [0.15, 0.2) is 48.5 Å². The molecule has 5 heteroatoms. The van der Waals surface area contributed by atoms with Crippen molar-refractivity contribution in [1.82, 2.24) is 4.90 Å². The minimum Gasteiger partial charge on any atom is -0.330 e. The Morgan fingerprint density at radius 1 is 1.15 bits per heavy atom. The lowest BCUT2D eigenvalue weighted by atomic mass is 9.89. The zero-order chi connectivity index (χ0) is 17.8. The zero-order valence-electron chi connectivity index (χ0n) is 15.4. The third-order valence-electron chi connectivity index (χ3n) is 5.07. The number of nitrogens with two attached hydrogens (primary N) is 1. The summed E-state index contributed by atoms with van der Waals surface area (Å²) >= 11 is 0. The van der Waals surface area contributed by atoms with Crippen LogP contribution in [-0.4, -0.2) is 37.0 Å². The maximum absolute atomic E-state index is 12.5. The van der Waals surface area contributed by atoms with Gasteiger partial charge in [0, 0.05) is 24.7 Å². The largest absolute Gasteiger partial charge is 0.330 e. The van der Waals surface area contributed by atoms with Crippen molar-refractivity contribution < 1.29 is 4.79 Å². The number of carbonyl (C=O) groups is 1. The van der Waals surface area contributed by atoms with Crippen LogP contribution in [0.2, 0.25) is 0 Å². The van der Waals surface area contributed by atoms with Crippen LogP contribution in [0.25, 0.3) is 0 Å². The molecule has 3 rings (SSSR count). The molecule has 1 amide bonds. The Balaban J connectivity index is 0.00000243. The Morgan fingerprint density at radius 3 is 2.54 bits per heavy atom. The molecule has 1 fully saturated rings. The fourth-order valence-corrected chi connectivity index (χ4v) is 3.75. The second-order valence-corrected chi connectivity index (χ2v) is 7.07. The highest BCUT2D eigenvalue weighted by Gasteiger charge is 2.33. The summed E-state index contributed by atoms with van der Waals surface area (Å²) in [6, 6.07) is 16.6. The van der Waals surface area contributed by atoms with Gasteiger partial charge in [-0.15, -0.1) is 12.4 Å². The number of rotatable bonds is 5. The quantitative estimate of drug-likeness (QED) is 0.845. The van der Waals surface area contributed by atoms with Gasteiger partial charge in [-0.3, -0.25) is 9.69 Å². The van der Waals surface area contributed by atoms with Crippen LogP contribution in [0.1, 0.15) is 22.6 Å². The SMILES string of the molecule is Cc1ccc(NC(=O)CN2C[C@@H](CN)[C@H](c3ccccc3)C2)c(C)c1.Cl. The summed E-state index contributed by atoms with van der Waals surface area (Å²) < 4.78 is 0. The molecule has 2 atom stereocenters. The van der Waals surface area contributed by atoms with E-state index in [2.05, 4.69) is 47.5 Å². The van der Waals surface area contributed by atoms with Gasteiger partial charge in [0.05, 0.1) is 6.54 Å². The molecule has 1 aliphatic rings. The van der Waals surface area contributed by atoms with Crippen molar-refractivity contribution in [2.24, 2.45) is 11.7 Å². The Bertz CT molecular complexity index is 735. The number of hydrogen-bond donors (Lipinski definition) is 2. The van der Waals surface area contributed by atoms with Crippen molar-refractivity contribution in [2.75, 3.05) is 31.5 Å². The summed E-state index contributed by atoms with van der Waals surface area (Å²) in [7, 11) is 0. The smallest absolute Gasteiger partial charge is 0.238 e. The molecule has 0 aliphatic carbocycles. The summed E-state index contributed by atoms with van der Waals surface area (Å²) in [4.78, 5) is 14.7. The van der Waals surface area contributed by atoms with Gasteiger partial charge in [-0.05, 0) is 43.5 Å². The van der Waals surface area contributed by atoms with Crippen LogP contribution in [-0.2, 0) is 4.79 Å². The maximum atomic E-state index is 12.5. The van der Waals surface area contributed by atoms with Crippen LogP contribution in [0.3, 0.4) is 0 Å². The number of benzene rings is 2. The predicted molar refractivity (Wildman–Crippen MR) is 110 cm³/mol. The molecule has 0 saturated carbocycles. The molecular formula is C21H28ClN3O. The lowest BCUT2D eigenvalue weighted by molar-refractivity contribution is -0.117. The van der Waals surface area contributed by atoms with E-state index in [-0.39, 0.29) is 18.3 Å². The van der Waals surface area contributed by atoms with E-state index in [1.165, 1.54) is 11.1 Å². The van der Waals surface area contributed by atoms with Crippen molar-refractivity contribution >= 4 is 24.0 Å². The fourth-order valence-electron chi connectivity index (χ4n) is 3.75. The Hall–Kier alpha value is -1.88. The van der Waals surface area contributed by atoms with E-state index in [0.29, 0.717) is 24.9 Å². The van der Waals surface area contributed by atoms with E-state index < -0.39 is 0 Å². The zero-order valence-corrected chi connectivity index (χ0v) is 16.3. The van der Waals surface area contributed by atoms with Crippen LogP contribution in [0.5, 0.6) is 0 Å². The number of carbonyl (C=O) groups excluding carboxylic acids is 1.